The predicted octanol–water partition coefficient (Wildman–Crippen LogP) is 5.27. The lowest BCUT2D eigenvalue weighted by Crippen LogP contribution is -2.34. The minimum Gasteiger partial charge on any atom is -0.494 e. The number of aryl methyl sites for hydroxylation is 2. The van der Waals surface area contributed by atoms with Crippen molar-refractivity contribution in [3.05, 3.63) is 80.7 Å². The first-order chi connectivity index (χ1) is 16.2. The topological polar surface area (TPSA) is 95.4 Å². The van der Waals surface area contributed by atoms with E-state index in [1.165, 1.54) is 11.1 Å². The highest BCUT2D eigenvalue weighted by Crippen LogP contribution is 2.36. The molecule has 0 saturated heterocycles. The first-order valence-corrected chi connectivity index (χ1v) is 13.9. The number of nitrogens with two attached hydrogens (primary N) is 1. The lowest BCUT2D eigenvalue weighted by molar-refractivity contribution is 0.316. The van der Waals surface area contributed by atoms with Crippen LogP contribution in [-0.2, 0) is 28.4 Å². The van der Waals surface area contributed by atoms with E-state index in [0.717, 1.165) is 30.6 Å². The van der Waals surface area contributed by atoms with Gasteiger partial charge in [0.2, 0.25) is 0 Å². The first kappa shape index (κ1) is 25.0. The van der Waals surface area contributed by atoms with Crippen molar-refractivity contribution in [1.82, 2.24) is 5.16 Å². The lowest BCUT2D eigenvalue weighted by atomic mass is 9.76. The SMILES string of the molecule is Cc1cc(CS(=O)(=O)CCCOc2ccc3c(c2)C(Cc2ccc(Cl)c(Cl)c2)C(N)CC3)no1. The summed E-state index contributed by atoms with van der Waals surface area (Å²) in [5, 5.41) is 4.83. The number of sulfone groups is 1. The summed E-state index contributed by atoms with van der Waals surface area (Å²) in [4.78, 5) is 0. The van der Waals surface area contributed by atoms with Crippen molar-refractivity contribution in [3.8, 4) is 5.75 Å². The summed E-state index contributed by atoms with van der Waals surface area (Å²) in [6.07, 6.45) is 2.99. The van der Waals surface area contributed by atoms with Crippen LogP contribution in [-0.4, -0.2) is 32.0 Å². The molecule has 182 valence electrons. The van der Waals surface area contributed by atoms with Crippen molar-refractivity contribution in [3.63, 3.8) is 0 Å². The second-order valence-corrected chi connectivity index (χ2v) is 11.8. The van der Waals surface area contributed by atoms with Gasteiger partial charge in [-0.2, -0.15) is 0 Å². The van der Waals surface area contributed by atoms with E-state index in [2.05, 4.69) is 11.2 Å². The Balaban J connectivity index is 1.38. The van der Waals surface area contributed by atoms with Gasteiger partial charge in [-0.3, -0.25) is 0 Å². The summed E-state index contributed by atoms with van der Waals surface area (Å²) < 4.78 is 35.5. The fourth-order valence-corrected chi connectivity index (χ4v) is 6.03. The summed E-state index contributed by atoms with van der Waals surface area (Å²) >= 11 is 12.3. The lowest BCUT2D eigenvalue weighted by Gasteiger charge is -2.32. The highest BCUT2D eigenvalue weighted by molar-refractivity contribution is 7.90. The summed E-state index contributed by atoms with van der Waals surface area (Å²) in [7, 11) is -3.29. The third-order valence-corrected chi connectivity index (χ3v) is 8.52. The molecule has 3 aromatic rings. The van der Waals surface area contributed by atoms with Crippen LogP contribution in [0.15, 0.2) is 47.0 Å². The second kappa shape index (κ2) is 10.7. The molecule has 0 fully saturated rings. The van der Waals surface area contributed by atoms with E-state index >= 15 is 0 Å². The summed E-state index contributed by atoms with van der Waals surface area (Å²) in [5.74, 6) is 1.34. The van der Waals surface area contributed by atoms with Crippen molar-refractivity contribution >= 4 is 33.0 Å². The summed E-state index contributed by atoms with van der Waals surface area (Å²) in [5.41, 5.74) is 10.5. The van der Waals surface area contributed by atoms with Gasteiger partial charge in [0.1, 0.15) is 11.5 Å². The maximum absolute atomic E-state index is 12.3. The number of hydrogen-bond donors (Lipinski definition) is 1. The number of fused-ring (bicyclic) bond motifs is 1. The number of ether oxygens (including phenoxy) is 1. The van der Waals surface area contributed by atoms with Crippen LogP contribution >= 0.6 is 23.2 Å². The Morgan fingerprint density at radius 2 is 1.97 bits per heavy atom. The van der Waals surface area contributed by atoms with E-state index in [1.807, 2.05) is 30.3 Å². The van der Waals surface area contributed by atoms with Gasteiger partial charge in [-0.05, 0) is 73.6 Å². The van der Waals surface area contributed by atoms with E-state index in [-0.39, 0.29) is 23.5 Å². The molecule has 1 aliphatic rings. The number of rotatable bonds is 9. The minimum absolute atomic E-state index is 0.0225. The van der Waals surface area contributed by atoms with Gasteiger partial charge in [-0.1, -0.05) is 40.5 Å². The van der Waals surface area contributed by atoms with Crippen LogP contribution in [0.1, 0.15) is 46.9 Å². The van der Waals surface area contributed by atoms with Gasteiger partial charge in [0.15, 0.2) is 9.84 Å². The van der Waals surface area contributed by atoms with Crippen molar-refractivity contribution in [2.45, 2.75) is 50.3 Å². The molecule has 1 heterocycles. The highest BCUT2D eigenvalue weighted by atomic mass is 35.5. The zero-order valence-electron chi connectivity index (χ0n) is 19.0. The fourth-order valence-electron chi connectivity index (χ4n) is 4.42. The van der Waals surface area contributed by atoms with Crippen LogP contribution in [0.4, 0.5) is 0 Å². The molecule has 1 aromatic heterocycles. The largest absolute Gasteiger partial charge is 0.494 e. The van der Waals surface area contributed by atoms with Gasteiger partial charge < -0.3 is 15.0 Å². The standard InChI is InChI=1S/C25H28Cl2N2O4S/c1-16-11-19(29-33-16)15-34(30,31)10-2-9-32-20-6-4-18-5-8-25(28)22(21(18)14-20)12-17-3-7-23(26)24(27)13-17/h3-4,6-7,11,13-14,22,25H,2,5,8-10,12,15,28H2,1H3. The quantitative estimate of drug-likeness (QED) is 0.384. The zero-order valence-corrected chi connectivity index (χ0v) is 21.3. The molecule has 0 radical (unpaired) electrons. The van der Waals surface area contributed by atoms with Crippen LogP contribution < -0.4 is 10.5 Å². The fraction of sp³-hybridized carbons (Fsp3) is 0.400. The molecule has 2 aromatic carbocycles. The Morgan fingerprint density at radius 1 is 1.15 bits per heavy atom. The molecule has 2 unspecified atom stereocenters. The van der Waals surface area contributed by atoms with Gasteiger partial charge in [0.05, 0.1) is 33.9 Å². The third-order valence-electron chi connectivity index (χ3n) is 6.13. The Morgan fingerprint density at radius 3 is 2.71 bits per heavy atom. The molecule has 0 spiro atoms. The number of nitrogens with zero attached hydrogens (tertiary/aromatic N) is 1. The summed E-state index contributed by atoms with van der Waals surface area (Å²) in [6.45, 7) is 2.04. The third kappa shape index (κ3) is 6.33. The highest BCUT2D eigenvalue weighted by Gasteiger charge is 2.28. The average molecular weight is 523 g/mol. The van der Waals surface area contributed by atoms with E-state index < -0.39 is 9.84 Å². The Hall–Kier alpha value is -2.06. The predicted molar refractivity (Wildman–Crippen MR) is 134 cm³/mol. The Bertz CT molecular complexity index is 1260. The van der Waals surface area contributed by atoms with Crippen LogP contribution in [0.25, 0.3) is 0 Å². The van der Waals surface area contributed by atoms with E-state index in [0.29, 0.717) is 34.5 Å². The molecule has 9 heteroatoms. The minimum atomic E-state index is -3.29. The zero-order chi connectivity index (χ0) is 24.3. The number of aromatic nitrogens is 1. The molecular weight excluding hydrogens is 495 g/mol. The molecule has 2 N–H and O–H groups in total. The van der Waals surface area contributed by atoms with Gasteiger partial charge in [-0.15, -0.1) is 0 Å². The Kier molecular flexibility index (Phi) is 7.87. The smallest absolute Gasteiger partial charge is 0.156 e. The molecule has 1 aliphatic carbocycles. The van der Waals surface area contributed by atoms with Crippen LogP contribution in [0.5, 0.6) is 5.75 Å². The molecule has 0 saturated carbocycles. The van der Waals surface area contributed by atoms with Crippen LogP contribution in [0, 0.1) is 6.92 Å². The molecule has 4 rings (SSSR count). The molecule has 6 nitrogen and oxygen atoms in total. The molecule has 34 heavy (non-hydrogen) atoms. The molecule has 0 amide bonds. The van der Waals surface area contributed by atoms with Crippen LogP contribution in [0.2, 0.25) is 10.0 Å². The van der Waals surface area contributed by atoms with E-state index in [9.17, 15) is 8.42 Å². The molecular formula is C25H28Cl2N2O4S. The number of halogens is 2. The maximum atomic E-state index is 12.3. The van der Waals surface area contributed by atoms with Crippen molar-refractivity contribution in [1.29, 1.82) is 0 Å². The number of benzene rings is 2. The van der Waals surface area contributed by atoms with Gasteiger partial charge in [0, 0.05) is 18.0 Å². The average Bonchev–Trinajstić information content (AvgIpc) is 3.19. The van der Waals surface area contributed by atoms with Crippen molar-refractivity contribution in [2.24, 2.45) is 5.73 Å². The normalized spacial score (nSPS) is 18.0. The van der Waals surface area contributed by atoms with Gasteiger partial charge in [0.25, 0.3) is 0 Å². The molecule has 2 atom stereocenters. The second-order valence-electron chi connectivity index (χ2n) is 8.85. The van der Waals surface area contributed by atoms with E-state index in [1.54, 1.807) is 13.0 Å². The van der Waals surface area contributed by atoms with E-state index in [4.69, 9.17) is 38.2 Å². The Labute approximate surface area is 210 Å². The monoisotopic (exact) mass is 522 g/mol. The maximum Gasteiger partial charge on any atom is 0.156 e. The van der Waals surface area contributed by atoms with Crippen molar-refractivity contribution in [2.75, 3.05) is 12.4 Å². The van der Waals surface area contributed by atoms with Crippen LogP contribution in [0.3, 0.4) is 0 Å². The number of hydrogen-bond acceptors (Lipinski definition) is 6. The molecule has 0 bridgehead atoms. The first-order valence-electron chi connectivity index (χ1n) is 11.3. The van der Waals surface area contributed by atoms with Crippen molar-refractivity contribution < 1.29 is 17.7 Å². The summed E-state index contributed by atoms with van der Waals surface area (Å²) in [6, 6.07) is 13.4. The van der Waals surface area contributed by atoms with Gasteiger partial charge in [-0.25, -0.2) is 8.42 Å². The molecule has 0 aliphatic heterocycles. The van der Waals surface area contributed by atoms with Gasteiger partial charge >= 0.3 is 0 Å².